The van der Waals surface area contributed by atoms with E-state index < -0.39 is 12.8 Å². The summed E-state index contributed by atoms with van der Waals surface area (Å²) in [6.07, 6.45) is 0.946. The average molecular weight is 283 g/mol. The molecule has 0 amide bonds. The smallest absolute Gasteiger partial charge is 0.396 e. The van der Waals surface area contributed by atoms with Crippen LogP contribution in [0.1, 0.15) is 32.1 Å². The van der Waals surface area contributed by atoms with Crippen molar-refractivity contribution in [2.24, 2.45) is 11.8 Å². The van der Waals surface area contributed by atoms with Gasteiger partial charge in [0.15, 0.2) is 0 Å². The normalized spacial score (nSPS) is 24.6. The molecule has 1 fully saturated rings. The fraction of sp³-hybridized carbons (Fsp3) is 1.00. The fourth-order valence-corrected chi connectivity index (χ4v) is 2.57. The summed E-state index contributed by atoms with van der Waals surface area (Å²) in [6.45, 7) is 0.695. The lowest BCUT2D eigenvalue weighted by atomic mass is 9.79. The molecule has 3 nitrogen and oxygen atoms in total. The standard InChI is InChI=1S/C13H24F3NO2/c14-13(15,16)10-19-7-3-6-17-8-11-4-1-2-5-12(11)9-18/h11-12,17-18H,1-10H2. The van der Waals surface area contributed by atoms with Crippen LogP contribution in [-0.4, -0.2) is 44.2 Å². The molecule has 0 aromatic rings. The zero-order valence-corrected chi connectivity index (χ0v) is 11.2. The summed E-state index contributed by atoms with van der Waals surface area (Å²) in [7, 11) is 0. The van der Waals surface area contributed by atoms with E-state index in [1.165, 1.54) is 12.8 Å². The maximum atomic E-state index is 11.8. The minimum atomic E-state index is -4.23. The Morgan fingerprint density at radius 1 is 1.16 bits per heavy atom. The molecule has 114 valence electrons. The van der Waals surface area contributed by atoms with Crippen molar-refractivity contribution in [3.8, 4) is 0 Å². The predicted molar refractivity (Wildman–Crippen MR) is 66.9 cm³/mol. The van der Waals surface area contributed by atoms with Gasteiger partial charge in [0.2, 0.25) is 0 Å². The van der Waals surface area contributed by atoms with Gasteiger partial charge in [-0.1, -0.05) is 12.8 Å². The first kappa shape index (κ1) is 16.7. The number of rotatable bonds is 8. The van der Waals surface area contributed by atoms with Crippen LogP contribution >= 0.6 is 0 Å². The molecule has 1 saturated carbocycles. The first-order valence-electron chi connectivity index (χ1n) is 6.99. The number of ether oxygens (including phenoxy) is 1. The second-order valence-corrected chi connectivity index (χ2v) is 5.21. The molecule has 6 heteroatoms. The molecule has 19 heavy (non-hydrogen) atoms. The topological polar surface area (TPSA) is 41.5 Å². The molecule has 0 radical (unpaired) electrons. The number of aliphatic hydroxyl groups is 1. The van der Waals surface area contributed by atoms with E-state index in [1.54, 1.807) is 0 Å². The number of hydrogen-bond donors (Lipinski definition) is 2. The highest BCUT2D eigenvalue weighted by Gasteiger charge is 2.27. The van der Waals surface area contributed by atoms with Gasteiger partial charge in [-0.25, -0.2) is 0 Å². The van der Waals surface area contributed by atoms with Gasteiger partial charge in [-0.2, -0.15) is 13.2 Å². The molecular formula is C13H24F3NO2. The monoisotopic (exact) mass is 283 g/mol. The zero-order chi connectivity index (χ0) is 14.1. The lowest BCUT2D eigenvalue weighted by Gasteiger charge is -2.30. The highest BCUT2D eigenvalue weighted by atomic mass is 19.4. The second-order valence-electron chi connectivity index (χ2n) is 5.21. The first-order chi connectivity index (χ1) is 9.03. The van der Waals surface area contributed by atoms with Gasteiger partial charge in [0, 0.05) is 13.2 Å². The van der Waals surface area contributed by atoms with Crippen molar-refractivity contribution in [1.29, 1.82) is 0 Å². The average Bonchev–Trinajstić information content (AvgIpc) is 2.37. The minimum Gasteiger partial charge on any atom is -0.396 e. The van der Waals surface area contributed by atoms with Crippen LogP contribution in [0.5, 0.6) is 0 Å². The molecule has 0 spiro atoms. The Labute approximate surface area is 112 Å². The number of halogens is 3. The van der Waals surface area contributed by atoms with Crippen LogP contribution in [0.25, 0.3) is 0 Å². The van der Waals surface area contributed by atoms with Gasteiger partial charge in [-0.3, -0.25) is 0 Å². The van der Waals surface area contributed by atoms with Crippen molar-refractivity contribution < 1.29 is 23.0 Å². The van der Waals surface area contributed by atoms with E-state index in [9.17, 15) is 18.3 Å². The third-order valence-electron chi connectivity index (χ3n) is 3.62. The lowest BCUT2D eigenvalue weighted by Crippen LogP contribution is -2.33. The Bertz CT molecular complexity index is 236. The number of nitrogens with one attached hydrogen (secondary N) is 1. The molecule has 2 N–H and O–H groups in total. The van der Waals surface area contributed by atoms with Crippen molar-refractivity contribution >= 4 is 0 Å². The Morgan fingerprint density at radius 2 is 1.84 bits per heavy atom. The Morgan fingerprint density at radius 3 is 2.47 bits per heavy atom. The second kappa shape index (κ2) is 8.76. The van der Waals surface area contributed by atoms with E-state index in [1.807, 2.05) is 0 Å². The molecule has 1 aliphatic rings. The fourth-order valence-electron chi connectivity index (χ4n) is 2.57. The summed E-state index contributed by atoms with van der Waals surface area (Å²) >= 11 is 0. The molecular weight excluding hydrogens is 259 g/mol. The molecule has 0 aliphatic heterocycles. The maximum Gasteiger partial charge on any atom is 0.411 e. The quantitative estimate of drug-likeness (QED) is 0.672. The molecule has 1 aliphatic carbocycles. The summed E-state index contributed by atoms with van der Waals surface area (Å²) in [5.74, 6) is 0.873. The summed E-state index contributed by atoms with van der Waals surface area (Å²) in [6, 6.07) is 0. The molecule has 0 aromatic heterocycles. The third-order valence-corrected chi connectivity index (χ3v) is 3.62. The van der Waals surface area contributed by atoms with Gasteiger partial charge in [-0.15, -0.1) is 0 Å². The van der Waals surface area contributed by atoms with Crippen LogP contribution in [-0.2, 0) is 4.74 Å². The largest absolute Gasteiger partial charge is 0.411 e. The van der Waals surface area contributed by atoms with Crippen molar-refractivity contribution in [2.75, 3.05) is 32.9 Å². The van der Waals surface area contributed by atoms with Gasteiger partial charge >= 0.3 is 6.18 Å². The highest BCUT2D eigenvalue weighted by Crippen LogP contribution is 2.28. The van der Waals surface area contributed by atoms with Crippen molar-refractivity contribution in [3.05, 3.63) is 0 Å². The van der Waals surface area contributed by atoms with E-state index >= 15 is 0 Å². The van der Waals surface area contributed by atoms with Crippen LogP contribution in [0.4, 0.5) is 13.2 Å². The summed E-state index contributed by atoms with van der Waals surface area (Å²) in [4.78, 5) is 0. The van der Waals surface area contributed by atoms with Crippen LogP contribution in [0.2, 0.25) is 0 Å². The van der Waals surface area contributed by atoms with Gasteiger partial charge in [-0.05, 0) is 44.2 Å². The molecule has 0 saturated heterocycles. The summed E-state index contributed by atoms with van der Waals surface area (Å²) < 4.78 is 39.9. The van der Waals surface area contributed by atoms with E-state index in [4.69, 9.17) is 0 Å². The Kier molecular flexibility index (Phi) is 7.71. The molecule has 2 atom stereocenters. The Balaban J connectivity index is 1.98. The van der Waals surface area contributed by atoms with E-state index in [0.29, 0.717) is 24.8 Å². The SMILES string of the molecule is OCC1CCCCC1CNCCCOCC(F)(F)F. The zero-order valence-electron chi connectivity index (χ0n) is 11.2. The molecule has 0 bridgehead atoms. The van der Waals surface area contributed by atoms with E-state index in [-0.39, 0.29) is 13.2 Å². The summed E-state index contributed by atoms with van der Waals surface area (Å²) in [5.41, 5.74) is 0. The first-order valence-corrected chi connectivity index (χ1v) is 6.99. The molecule has 2 unspecified atom stereocenters. The molecule has 0 aromatic carbocycles. The Hall–Kier alpha value is -0.330. The highest BCUT2D eigenvalue weighted by molar-refractivity contribution is 4.76. The van der Waals surface area contributed by atoms with Crippen LogP contribution in [0.15, 0.2) is 0 Å². The molecule has 0 heterocycles. The van der Waals surface area contributed by atoms with Gasteiger partial charge in [0.05, 0.1) is 0 Å². The predicted octanol–water partition coefficient (Wildman–Crippen LogP) is 2.34. The minimum absolute atomic E-state index is 0.126. The summed E-state index contributed by atoms with van der Waals surface area (Å²) in [5, 5.41) is 12.5. The van der Waals surface area contributed by atoms with Crippen molar-refractivity contribution in [1.82, 2.24) is 5.32 Å². The molecule has 1 rings (SSSR count). The third kappa shape index (κ3) is 7.74. The van der Waals surface area contributed by atoms with Gasteiger partial charge in [0.25, 0.3) is 0 Å². The van der Waals surface area contributed by atoms with Crippen LogP contribution in [0, 0.1) is 11.8 Å². The van der Waals surface area contributed by atoms with E-state index in [0.717, 1.165) is 19.4 Å². The number of hydrogen-bond acceptors (Lipinski definition) is 3. The van der Waals surface area contributed by atoms with Gasteiger partial charge < -0.3 is 15.2 Å². The maximum absolute atomic E-state index is 11.8. The van der Waals surface area contributed by atoms with Crippen molar-refractivity contribution in [3.63, 3.8) is 0 Å². The van der Waals surface area contributed by atoms with Crippen molar-refractivity contribution in [2.45, 2.75) is 38.3 Å². The van der Waals surface area contributed by atoms with Gasteiger partial charge in [0.1, 0.15) is 6.61 Å². The van der Waals surface area contributed by atoms with E-state index in [2.05, 4.69) is 10.1 Å². The lowest BCUT2D eigenvalue weighted by molar-refractivity contribution is -0.173. The number of alkyl halides is 3. The number of aliphatic hydroxyl groups excluding tert-OH is 1. The van der Waals surface area contributed by atoms with Crippen LogP contribution < -0.4 is 5.32 Å². The van der Waals surface area contributed by atoms with Crippen LogP contribution in [0.3, 0.4) is 0 Å².